The second-order valence-corrected chi connectivity index (χ2v) is 8.60. The van der Waals surface area contributed by atoms with Gasteiger partial charge in [0.05, 0.1) is 11.5 Å². The Morgan fingerprint density at radius 1 is 0.714 bits per heavy atom. The molecule has 0 spiro atoms. The highest BCUT2D eigenvalue weighted by molar-refractivity contribution is 5.49. The summed E-state index contributed by atoms with van der Waals surface area (Å²) in [4.78, 5) is 11.1. The van der Waals surface area contributed by atoms with Crippen LogP contribution in [-0.4, -0.2) is 31.2 Å². The molecule has 3 aromatic rings. The summed E-state index contributed by atoms with van der Waals surface area (Å²) in [5.41, 5.74) is 3.25. The number of nitrogens with zero attached hydrogens (tertiary/aromatic N) is 1. The number of nitrogens with one attached hydrogen (secondary N) is 1. The first-order chi connectivity index (χ1) is 17.2. The molecule has 0 aromatic heterocycles. The van der Waals surface area contributed by atoms with Gasteiger partial charge < -0.3 is 14.8 Å². The second kappa shape index (κ2) is 15.6. The van der Waals surface area contributed by atoms with E-state index in [1.807, 2.05) is 42.5 Å². The molecule has 0 unspecified atom stereocenters. The van der Waals surface area contributed by atoms with Crippen LogP contribution in [0.4, 0.5) is 5.69 Å². The molecule has 0 bridgehead atoms. The number of hydrogen-bond donors (Lipinski definition) is 1. The molecule has 3 aromatic carbocycles. The van der Waals surface area contributed by atoms with Crippen LogP contribution in [0.1, 0.15) is 42.4 Å². The number of benzene rings is 3. The third kappa shape index (κ3) is 10.3. The van der Waals surface area contributed by atoms with Gasteiger partial charge in [0, 0.05) is 12.7 Å². The number of nitro groups is 1. The first-order valence-electron chi connectivity index (χ1n) is 12.5. The van der Waals surface area contributed by atoms with E-state index in [0.717, 1.165) is 63.1 Å². The van der Waals surface area contributed by atoms with Gasteiger partial charge in [0.25, 0.3) is 0 Å². The zero-order valence-corrected chi connectivity index (χ0v) is 20.4. The lowest BCUT2D eigenvalue weighted by Crippen LogP contribution is -2.18. The minimum absolute atomic E-state index is 0.0180. The Balaban J connectivity index is 1.23. The molecule has 0 heterocycles. The van der Waals surface area contributed by atoms with E-state index in [0.29, 0.717) is 12.4 Å². The maximum Gasteiger partial charge on any atom is 0.311 e. The number of ether oxygens (including phenoxy) is 2. The minimum atomic E-state index is -0.372. The smallest absolute Gasteiger partial charge is 0.311 e. The number of unbranched alkanes of at least 4 members (excludes halogenated alkanes) is 3. The molecule has 0 aliphatic rings. The largest absolute Gasteiger partial charge is 0.482 e. The highest BCUT2D eigenvalue weighted by Gasteiger charge is 2.16. The van der Waals surface area contributed by atoms with Gasteiger partial charge in [-0.3, -0.25) is 10.1 Å². The topological polar surface area (TPSA) is 73.6 Å². The van der Waals surface area contributed by atoms with E-state index >= 15 is 0 Å². The van der Waals surface area contributed by atoms with Crippen molar-refractivity contribution in [1.82, 2.24) is 5.32 Å². The van der Waals surface area contributed by atoms with Crippen molar-refractivity contribution in [1.29, 1.82) is 0 Å². The summed E-state index contributed by atoms with van der Waals surface area (Å²) in [6.45, 7) is 3.66. The maximum atomic E-state index is 11.5. The summed E-state index contributed by atoms with van der Waals surface area (Å²) in [6, 6.07) is 25.3. The van der Waals surface area contributed by atoms with E-state index in [-0.39, 0.29) is 10.6 Å². The molecule has 0 fully saturated rings. The predicted molar refractivity (Wildman–Crippen MR) is 140 cm³/mol. The fourth-order valence-electron chi connectivity index (χ4n) is 3.82. The molecular formula is C29H36N2O4. The van der Waals surface area contributed by atoms with E-state index in [1.54, 1.807) is 12.1 Å². The van der Waals surface area contributed by atoms with Crippen molar-refractivity contribution in [3.05, 3.63) is 106 Å². The average Bonchev–Trinajstić information content (AvgIpc) is 2.89. The molecule has 1 N–H and O–H groups in total. The van der Waals surface area contributed by atoms with Gasteiger partial charge in [-0.2, -0.15) is 0 Å². The van der Waals surface area contributed by atoms with Crippen LogP contribution in [0.15, 0.2) is 78.9 Å². The summed E-state index contributed by atoms with van der Waals surface area (Å²) >= 11 is 0. The normalized spacial score (nSPS) is 10.9. The molecule has 3 rings (SSSR count). The van der Waals surface area contributed by atoms with Crippen LogP contribution >= 0.6 is 0 Å². The quantitative estimate of drug-likeness (QED) is 0.144. The van der Waals surface area contributed by atoms with Crippen molar-refractivity contribution in [2.24, 2.45) is 0 Å². The van der Waals surface area contributed by atoms with Gasteiger partial charge in [-0.15, -0.1) is 0 Å². The lowest BCUT2D eigenvalue weighted by atomic mass is 10.1. The highest BCUT2D eigenvalue weighted by Crippen LogP contribution is 2.29. The Hall–Kier alpha value is -3.22. The fourth-order valence-corrected chi connectivity index (χ4v) is 3.82. The van der Waals surface area contributed by atoms with Crippen molar-refractivity contribution < 1.29 is 14.4 Å². The number of hydrogen-bond acceptors (Lipinski definition) is 5. The van der Waals surface area contributed by atoms with Gasteiger partial charge in [0.15, 0.2) is 5.75 Å². The molecule has 0 amide bonds. The van der Waals surface area contributed by atoms with Crippen molar-refractivity contribution in [3.8, 4) is 5.75 Å². The van der Waals surface area contributed by atoms with Crippen LogP contribution < -0.4 is 10.1 Å². The lowest BCUT2D eigenvalue weighted by Gasteiger charge is -2.09. The molecule has 0 atom stereocenters. The summed E-state index contributed by atoms with van der Waals surface area (Å²) in [7, 11) is 0. The molecule has 0 saturated carbocycles. The Morgan fingerprint density at radius 3 is 2.17 bits per heavy atom. The van der Waals surface area contributed by atoms with Crippen LogP contribution in [0.2, 0.25) is 0 Å². The van der Waals surface area contributed by atoms with Gasteiger partial charge >= 0.3 is 5.69 Å². The molecule has 6 heteroatoms. The highest BCUT2D eigenvalue weighted by atomic mass is 16.6. The van der Waals surface area contributed by atoms with Crippen LogP contribution in [0.3, 0.4) is 0 Å². The minimum Gasteiger partial charge on any atom is -0.482 e. The summed E-state index contributed by atoms with van der Waals surface area (Å²) in [5.74, 6) is 0.305. The van der Waals surface area contributed by atoms with Crippen LogP contribution in [-0.2, 0) is 24.2 Å². The van der Waals surface area contributed by atoms with E-state index in [2.05, 4.69) is 29.6 Å². The van der Waals surface area contributed by atoms with Gasteiger partial charge in [-0.1, -0.05) is 79.6 Å². The Kier molecular flexibility index (Phi) is 11.8. The molecule has 186 valence electrons. The van der Waals surface area contributed by atoms with E-state index in [9.17, 15) is 10.1 Å². The Bertz CT molecular complexity index is 996. The second-order valence-electron chi connectivity index (χ2n) is 8.60. The SMILES string of the molecule is O=[N+]([O-])c1cc(CCNCCCCCCOCCc2ccccc2)ccc1OCc1ccccc1. The van der Waals surface area contributed by atoms with Crippen molar-refractivity contribution in [2.75, 3.05) is 26.3 Å². The average molecular weight is 477 g/mol. The maximum absolute atomic E-state index is 11.5. The van der Waals surface area contributed by atoms with E-state index < -0.39 is 0 Å². The van der Waals surface area contributed by atoms with Gasteiger partial charge in [-0.25, -0.2) is 0 Å². The zero-order valence-electron chi connectivity index (χ0n) is 20.4. The van der Waals surface area contributed by atoms with Gasteiger partial charge in [0.2, 0.25) is 0 Å². The molecule has 0 aliphatic heterocycles. The molecule has 6 nitrogen and oxygen atoms in total. The van der Waals surface area contributed by atoms with Gasteiger partial charge in [-0.05, 0) is 61.5 Å². The fraction of sp³-hybridized carbons (Fsp3) is 0.379. The molecular weight excluding hydrogens is 440 g/mol. The third-order valence-corrected chi connectivity index (χ3v) is 5.82. The molecule has 0 radical (unpaired) electrons. The zero-order chi connectivity index (χ0) is 24.6. The summed E-state index contributed by atoms with van der Waals surface area (Å²) < 4.78 is 11.4. The standard InChI is InChI=1S/C29H36N2O4/c32-31(33)28-23-26(15-16-29(28)35-24-27-13-7-4-8-14-27)17-20-30-19-9-1-2-10-21-34-22-18-25-11-5-3-6-12-25/h3-8,11-16,23,30H,1-2,9-10,17-22,24H2. The Labute approximate surface area is 208 Å². The first kappa shape index (κ1) is 26.4. The first-order valence-corrected chi connectivity index (χ1v) is 12.5. The molecule has 0 saturated heterocycles. The van der Waals surface area contributed by atoms with Crippen LogP contribution in [0, 0.1) is 10.1 Å². The predicted octanol–water partition coefficient (Wildman–Crippen LogP) is 6.13. The van der Waals surface area contributed by atoms with Crippen LogP contribution in [0.25, 0.3) is 0 Å². The van der Waals surface area contributed by atoms with Crippen LogP contribution in [0.5, 0.6) is 5.75 Å². The van der Waals surface area contributed by atoms with Gasteiger partial charge in [0.1, 0.15) is 6.61 Å². The molecule has 0 aliphatic carbocycles. The summed E-state index contributed by atoms with van der Waals surface area (Å²) in [5, 5.41) is 15.0. The monoisotopic (exact) mass is 476 g/mol. The van der Waals surface area contributed by atoms with Crippen molar-refractivity contribution >= 4 is 5.69 Å². The number of rotatable bonds is 17. The summed E-state index contributed by atoms with van der Waals surface area (Å²) in [6.07, 6.45) is 6.28. The Morgan fingerprint density at radius 2 is 1.43 bits per heavy atom. The third-order valence-electron chi connectivity index (χ3n) is 5.82. The van der Waals surface area contributed by atoms with Crippen molar-refractivity contribution in [3.63, 3.8) is 0 Å². The number of nitro benzene ring substituents is 1. The van der Waals surface area contributed by atoms with E-state index in [4.69, 9.17) is 9.47 Å². The van der Waals surface area contributed by atoms with E-state index in [1.165, 1.54) is 18.4 Å². The lowest BCUT2D eigenvalue weighted by molar-refractivity contribution is -0.386. The molecule has 35 heavy (non-hydrogen) atoms. The van der Waals surface area contributed by atoms with Crippen molar-refractivity contribution in [2.45, 2.75) is 45.1 Å².